The maximum absolute atomic E-state index is 12.9. The lowest BCUT2D eigenvalue weighted by Gasteiger charge is -2.37. The van der Waals surface area contributed by atoms with E-state index in [1.165, 1.54) is 18.3 Å². The number of nitrogens with one attached hydrogen (secondary N) is 3. The van der Waals surface area contributed by atoms with Crippen LogP contribution in [0.15, 0.2) is 36.5 Å². The number of thiophene rings is 1. The molecule has 2 aromatic heterocycles. The van der Waals surface area contributed by atoms with E-state index >= 15 is 0 Å². The van der Waals surface area contributed by atoms with Crippen molar-refractivity contribution >= 4 is 57.0 Å². The summed E-state index contributed by atoms with van der Waals surface area (Å²) in [4.78, 5) is 44.4. The van der Waals surface area contributed by atoms with E-state index in [4.69, 9.17) is 11.6 Å². The molecule has 4 heterocycles. The van der Waals surface area contributed by atoms with Crippen molar-refractivity contribution in [2.75, 3.05) is 25.0 Å². The molecule has 36 heavy (non-hydrogen) atoms. The van der Waals surface area contributed by atoms with Crippen LogP contribution < -0.4 is 16.0 Å². The molecule has 2 aliphatic heterocycles. The maximum Gasteiger partial charge on any atom is 0.264 e. The molecule has 0 bridgehead atoms. The minimum absolute atomic E-state index is 0.0194. The van der Waals surface area contributed by atoms with Gasteiger partial charge in [-0.3, -0.25) is 14.4 Å². The number of likely N-dealkylation sites (tertiary alicyclic amines) is 1. The molecule has 0 unspecified atom stereocenters. The molecule has 1 atom stereocenters. The summed E-state index contributed by atoms with van der Waals surface area (Å²) in [6.07, 6.45) is 3.69. The number of nitrogens with zero attached hydrogens (tertiary/aromatic N) is 2. The Morgan fingerprint density at radius 1 is 1.19 bits per heavy atom. The number of carbonyl (C=O) groups excluding carboxylic acids is 3. The summed E-state index contributed by atoms with van der Waals surface area (Å²) in [6.45, 7) is 3.97. The Labute approximate surface area is 222 Å². The second-order valence-corrected chi connectivity index (χ2v) is 11.5. The average molecular weight is 544 g/mol. The third kappa shape index (κ3) is 5.46. The molecular weight excluding hydrogens is 518 g/mol. The molecule has 0 aliphatic carbocycles. The van der Waals surface area contributed by atoms with Crippen LogP contribution in [-0.4, -0.2) is 53.3 Å². The summed E-state index contributed by atoms with van der Waals surface area (Å²) in [5.74, 6) is 0.0443. The van der Waals surface area contributed by atoms with Crippen molar-refractivity contribution < 1.29 is 14.4 Å². The van der Waals surface area contributed by atoms with Gasteiger partial charge in [0.2, 0.25) is 11.8 Å². The van der Waals surface area contributed by atoms with Gasteiger partial charge in [0.15, 0.2) is 0 Å². The molecule has 3 aromatic rings. The van der Waals surface area contributed by atoms with E-state index < -0.39 is 0 Å². The molecule has 8 nitrogen and oxygen atoms in total. The van der Waals surface area contributed by atoms with Gasteiger partial charge in [-0.2, -0.15) is 0 Å². The molecule has 0 radical (unpaired) electrons. The van der Waals surface area contributed by atoms with Crippen molar-refractivity contribution in [2.24, 2.45) is 0 Å². The van der Waals surface area contributed by atoms with Crippen LogP contribution in [0.2, 0.25) is 5.02 Å². The van der Waals surface area contributed by atoms with Crippen molar-refractivity contribution in [3.05, 3.63) is 57.0 Å². The monoisotopic (exact) mass is 543 g/mol. The first-order chi connectivity index (χ1) is 17.4. The number of amides is 3. The smallest absolute Gasteiger partial charge is 0.264 e. The van der Waals surface area contributed by atoms with Crippen molar-refractivity contribution in [1.29, 1.82) is 0 Å². The highest BCUT2D eigenvalue weighted by atomic mass is 35.5. The van der Waals surface area contributed by atoms with Gasteiger partial charge in [-0.05, 0) is 48.7 Å². The van der Waals surface area contributed by atoms with Crippen LogP contribution in [0.5, 0.6) is 0 Å². The predicted molar refractivity (Wildman–Crippen MR) is 143 cm³/mol. The van der Waals surface area contributed by atoms with Gasteiger partial charge in [0.25, 0.3) is 5.91 Å². The Kier molecular flexibility index (Phi) is 7.38. The number of thiazole rings is 1. The first-order valence-electron chi connectivity index (χ1n) is 11.8. The molecule has 2 fully saturated rings. The number of anilines is 1. The second kappa shape index (κ2) is 10.7. The summed E-state index contributed by atoms with van der Waals surface area (Å²) >= 11 is 9.33. The van der Waals surface area contributed by atoms with E-state index in [9.17, 15) is 14.4 Å². The molecule has 2 saturated heterocycles. The summed E-state index contributed by atoms with van der Waals surface area (Å²) in [6, 6.07) is 9.21. The highest BCUT2D eigenvalue weighted by Gasteiger charge is 2.35. The molecule has 3 N–H and O–H groups in total. The van der Waals surface area contributed by atoms with Crippen molar-refractivity contribution in [2.45, 2.75) is 38.3 Å². The molecular formula is C25H26ClN5O3S2. The SMILES string of the molecule is CC(=O)NCc1ccc(-c2cnc(C3CN(C(=O)c4ccc(NC(=O)[C@@H]5CCCN5)s4)C3)s2)cc1Cl. The molecule has 2 aliphatic rings. The summed E-state index contributed by atoms with van der Waals surface area (Å²) in [5.41, 5.74) is 1.84. The number of aromatic nitrogens is 1. The number of rotatable bonds is 7. The quantitative estimate of drug-likeness (QED) is 0.416. The Hall–Kier alpha value is -2.79. The topological polar surface area (TPSA) is 103 Å². The van der Waals surface area contributed by atoms with Crippen LogP contribution >= 0.6 is 34.3 Å². The highest BCUT2D eigenvalue weighted by Crippen LogP contribution is 2.37. The lowest BCUT2D eigenvalue weighted by atomic mass is 10.0. The molecule has 0 spiro atoms. The largest absolute Gasteiger partial charge is 0.352 e. The van der Waals surface area contributed by atoms with Gasteiger partial charge in [-0.1, -0.05) is 23.7 Å². The lowest BCUT2D eigenvalue weighted by Crippen LogP contribution is -2.48. The fraction of sp³-hybridized carbons (Fsp3) is 0.360. The zero-order valence-electron chi connectivity index (χ0n) is 19.7. The number of benzene rings is 1. The first-order valence-corrected chi connectivity index (χ1v) is 13.8. The molecule has 3 amide bonds. The number of carbonyl (C=O) groups is 3. The van der Waals surface area contributed by atoms with Crippen LogP contribution in [-0.2, 0) is 16.1 Å². The van der Waals surface area contributed by atoms with Gasteiger partial charge in [-0.15, -0.1) is 22.7 Å². The maximum atomic E-state index is 12.9. The van der Waals surface area contributed by atoms with Crippen LogP contribution in [0.4, 0.5) is 5.00 Å². The van der Waals surface area contributed by atoms with E-state index in [1.807, 2.05) is 29.3 Å². The Morgan fingerprint density at radius 3 is 2.75 bits per heavy atom. The lowest BCUT2D eigenvalue weighted by molar-refractivity contribution is -0.119. The first kappa shape index (κ1) is 24.9. The van der Waals surface area contributed by atoms with Gasteiger partial charge in [0, 0.05) is 43.7 Å². The van der Waals surface area contributed by atoms with Gasteiger partial charge < -0.3 is 20.9 Å². The third-order valence-corrected chi connectivity index (χ3v) is 8.90. The Bertz CT molecular complexity index is 1290. The molecule has 5 rings (SSSR count). The van der Waals surface area contributed by atoms with E-state index in [-0.39, 0.29) is 29.7 Å². The Morgan fingerprint density at radius 2 is 2.03 bits per heavy atom. The average Bonchev–Trinajstić information content (AvgIpc) is 3.59. The van der Waals surface area contributed by atoms with Gasteiger partial charge in [0.1, 0.15) is 0 Å². The normalized spacial score (nSPS) is 17.6. The molecule has 188 valence electrons. The zero-order valence-corrected chi connectivity index (χ0v) is 22.1. The second-order valence-electron chi connectivity index (χ2n) is 8.99. The van der Waals surface area contributed by atoms with Crippen LogP contribution in [0, 0.1) is 0 Å². The van der Waals surface area contributed by atoms with Crippen LogP contribution in [0.1, 0.15) is 45.9 Å². The Balaban J connectivity index is 1.15. The van der Waals surface area contributed by atoms with E-state index in [1.54, 1.807) is 23.5 Å². The minimum Gasteiger partial charge on any atom is -0.352 e. The van der Waals surface area contributed by atoms with Gasteiger partial charge in [-0.25, -0.2) is 4.98 Å². The number of halogens is 1. The van der Waals surface area contributed by atoms with Crippen molar-refractivity contribution in [3.8, 4) is 10.4 Å². The zero-order chi connectivity index (χ0) is 25.2. The van der Waals surface area contributed by atoms with Crippen molar-refractivity contribution in [3.63, 3.8) is 0 Å². The molecule has 1 aromatic carbocycles. The molecule has 0 saturated carbocycles. The predicted octanol–water partition coefficient (Wildman–Crippen LogP) is 4.09. The van der Waals surface area contributed by atoms with Gasteiger partial charge in [0.05, 0.1) is 25.8 Å². The fourth-order valence-electron chi connectivity index (χ4n) is 4.27. The van der Waals surface area contributed by atoms with E-state index in [0.29, 0.717) is 34.5 Å². The van der Waals surface area contributed by atoms with Gasteiger partial charge >= 0.3 is 0 Å². The number of hydrogen-bond acceptors (Lipinski definition) is 7. The summed E-state index contributed by atoms with van der Waals surface area (Å²) in [7, 11) is 0. The van der Waals surface area contributed by atoms with E-state index in [0.717, 1.165) is 40.4 Å². The van der Waals surface area contributed by atoms with E-state index in [2.05, 4.69) is 20.9 Å². The summed E-state index contributed by atoms with van der Waals surface area (Å²) in [5, 5.41) is 11.1. The highest BCUT2D eigenvalue weighted by molar-refractivity contribution is 7.18. The standard InChI is InChI=1S/C25H26ClN5O3S2/c1-14(32)28-10-16-5-4-15(9-18(16)26)21-11-29-24(36-21)17-12-31(13-17)25(34)20-6-7-22(35-20)30-23(33)19-3-2-8-27-19/h4-7,9,11,17,19,27H,2-3,8,10,12-13H2,1H3,(H,28,32)(H,30,33)/t19-/m0/s1. The third-order valence-electron chi connectivity index (χ3n) is 6.35. The van der Waals surface area contributed by atoms with Crippen molar-refractivity contribution in [1.82, 2.24) is 20.5 Å². The van der Waals surface area contributed by atoms with Crippen LogP contribution in [0.3, 0.4) is 0 Å². The van der Waals surface area contributed by atoms with Crippen LogP contribution in [0.25, 0.3) is 10.4 Å². The number of hydrogen-bond donors (Lipinski definition) is 3. The summed E-state index contributed by atoms with van der Waals surface area (Å²) < 4.78 is 0. The molecule has 11 heteroatoms. The fourth-order valence-corrected chi connectivity index (χ4v) is 6.39. The minimum atomic E-state index is -0.150.